The fourth-order valence-electron chi connectivity index (χ4n) is 2.98. The maximum atomic E-state index is 12.7. The van der Waals surface area contributed by atoms with Gasteiger partial charge in [0, 0.05) is 31.7 Å². The molecule has 0 saturated carbocycles. The number of rotatable bonds is 4. The van der Waals surface area contributed by atoms with Crippen molar-refractivity contribution in [3.63, 3.8) is 0 Å². The maximum absolute atomic E-state index is 12.7. The Morgan fingerprint density at radius 1 is 1.08 bits per heavy atom. The number of hydrogen-bond acceptors (Lipinski definition) is 4. The van der Waals surface area contributed by atoms with E-state index in [1.165, 1.54) is 7.11 Å². The van der Waals surface area contributed by atoms with Crippen LogP contribution in [0, 0.1) is 0 Å². The number of benzene rings is 2. The van der Waals surface area contributed by atoms with Crippen LogP contribution in [0.3, 0.4) is 0 Å². The Morgan fingerprint density at radius 2 is 1.69 bits per heavy atom. The first-order chi connectivity index (χ1) is 12.5. The molecular formula is C19H21Cl2N3O2. The molecule has 26 heavy (non-hydrogen) atoms. The third-order valence-electron chi connectivity index (χ3n) is 4.46. The van der Waals surface area contributed by atoms with Crippen LogP contribution in [-0.4, -0.2) is 51.1 Å². The van der Waals surface area contributed by atoms with Crippen molar-refractivity contribution in [1.29, 1.82) is 0 Å². The standard InChI is InChI=1S/C19H21Cl2N3O2/c1-23-7-9-24(10-8-23)17-6-4-3-5-16(17)22-19(25)13-11-14(20)18(26-2)15(21)12-13/h3-6,11-12H,7-10H2,1-2H3,(H,22,25). The Morgan fingerprint density at radius 3 is 2.31 bits per heavy atom. The molecule has 0 radical (unpaired) electrons. The van der Waals surface area contributed by atoms with E-state index >= 15 is 0 Å². The summed E-state index contributed by atoms with van der Waals surface area (Å²) in [6.07, 6.45) is 0. The number of hydrogen-bond donors (Lipinski definition) is 1. The lowest BCUT2D eigenvalue weighted by molar-refractivity contribution is 0.102. The molecule has 1 amide bonds. The van der Waals surface area contributed by atoms with Gasteiger partial charge in [-0.1, -0.05) is 35.3 Å². The lowest BCUT2D eigenvalue weighted by Gasteiger charge is -2.35. The van der Waals surface area contributed by atoms with Gasteiger partial charge in [0.1, 0.15) is 0 Å². The zero-order valence-corrected chi connectivity index (χ0v) is 16.3. The van der Waals surface area contributed by atoms with Crippen molar-refractivity contribution in [3.8, 4) is 5.75 Å². The van der Waals surface area contributed by atoms with Gasteiger partial charge in [-0.15, -0.1) is 0 Å². The molecule has 1 fully saturated rings. The number of carbonyl (C=O) groups excluding carboxylic acids is 1. The van der Waals surface area contributed by atoms with Crippen LogP contribution < -0.4 is 15.0 Å². The van der Waals surface area contributed by atoms with Crippen molar-refractivity contribution in [2.24, 2.45) is 0 Å². The number of carbonyl (C=O) groups is 1. The van der Waals surface area contributed by atoms with Crippen molar-refractivity contribution in [2.75, 3.05) is 50.6 Å². The SMILES string of the molecule is COc1c(Cl)cc(C(=O)Nc2ccccc2N2CCN(C)CC2)cc1Cl. The Kier molecular flexibility index (Phi) is 5.91. The van der Waals surface area contributed by atoms with Crippen LogP contribution in [0.25, 0.3) is 0 Å². The number of amides is 1. The number of piperazine rings is 1. The number of likely N-dealkylation sites (N-methyl/N-ethyl adjacent to an activating group) is 1. The van der Waals surface area contributed by atoms with E-state index in [0.29, 0.717) is 21.4 Å². The average molecular weight is 394 g/mol. The van der Waals surface area contributed by atoms with Gasteiger partial charge < -0.3 is 19.9 Å². The molecule has 0 aliphatic carbocycles. The van der Waals surface area contributed by atoms with Crippen LogP contribution in [0.15, 0.2) is 36.4 Å². The highest BCUT2D eigenvalue weighted by Gasteiger charge is 2.19. The molecule has 138 valence electrons. The van der Waals surface area contributed by atoms with Crippen LogP contribution in [0.4, 0.5) is 11.4 Å². The molecule has 0 atom stereocenters. The third kappa shape index (κ3) is 4.06. The maximum Gasteiger partial charge on any atom is 0.255 e. The van der Waals surface area contributed by atoms with Gasteiger partial charge in [0.2, 0.25) is 0 Å². The molecule has 1 heterocycles. The highest BCUT2D eigenvalue weighted by atomic mass is 35.5. The van der Waals surface area contributed by atoms with Gasteiger partial charge in [-0.3, -0.25) is 4.79 Å². The first kappa shape index (κ1) is 18.8. The molecule has 3 rings (SSSR count). The molecule has 1 saturated heterocycles. The molecule has 1 aliphatic rings. The number of halogens is 2. The Labute approximate surface area is 163 Å². The lowest BCUT2D eigenvalue weighted by atomic mass is 10.1. The number of para-hydroxylation sites is 2. The van der Waals surface area contributed by atoms with Gasteiger partial charge in [0.05, 0.1) is 28.5 Å². The molecule has 0 unspecified atom stereocenters. The van der Waals surface area contributed by atoms with Crippen molar-refractivity contribution in [3.05, 3.63) is 52.0 Å². The number of anilines is 2. The average Bonchev–Trinajstić information content (AvgIpc) is 2.62. The van der Waals surface area contributed by atoms with Crippen molar-refractivity contribution >= 4 is 40.5 Å². The van der Waals surface area contributed by atoms with Crippen molar-refractivity contribution in [2.45, 2.75) is 0 Å². The highest BCUT2D eigenvalue weighted by Crippen LogP contribution is 2.34. The van der Waals surface area contributed by atoms with Crippen LogP contribution >= 0.6 is 23.2 Å². The normalized spacial score (nSPS) is 15.0. The van der Waals surface area contributed by atoms with Crippen molar-refractivity contribution < 1.29 is 9.53 Å². The smallest absolute Gasteiger partial charge is 0.255 e. The summed E-state index contributed by atoms with van der Waals surface area (Å²) >= 11 is 12.3. The summed E-state index contributed by atoms with van der Waals surface area (Å²) in [5.41, 5.74) is 2.17. The molecule has 0 bridgehead atoms. The van der Waals surface area contributed by atoms with Crippen molar-refractivity contribution in [1.82, 2.24) is 4.90 Å². The quantitative estimate of drug-likeness (QED) is 0.852. The molecular weight excluding hydrogens is 373 g/mol. The van der Waals surface area contributed by atoms with E-state index in [0.717, 1.165) is 37.6 Å². The Hall–Kier alpha value is -1.95. The van der Waals surface area contributed by atoms with E-state index in [1.807, 2.05) is 24.3 Å². The summed E-state index contributed by atoms with van der Waals surface area (Å²) in [7, 11) is 3.60. The van der Waals surface area contributed by atoms with Crippen LogP contribution in [0.1, 0.15) is 10.4 Å². The third-order valence-corrected chi connectivity index (χ3v) is 5.02. The van der Waals surface area contributed by atoms with E-state index in [2.05, 4.69) is 22.2 Å². The second-order valence-electron chi connectivity index (χ2n) is 6.23. The molecule has 1 N–H and O–H groups in total. The topological polar surface area (TPSA) is 44.8 Å². The zero-order chi connectivity index (χ0) is 18.7. The van der Waals surface area contributed by atoms with Gasteiger partial charge in [0.15, 0.2) is 5.75 Å². The molecule has 1 aliphatic heterocycles. The summed E-state index contributed by atoms with van der Waals surface area (Å²) < 4.78 is 5.13. The van der Waals surface area contributed by atoms with Crippen LogP contribution in [-0.2, 0) is 0 Å². The monoisotopic (exact) mass is 393 g/mol. The summed E-state index contributed by atoms with van der Waals surface area (Å²) in [5.74, 6) is 0.0979. The minimum Gasteiger partial charge on any atom is -0.494 e. The largest absolute Gasteiger partial charge is 0.494 e. The van der Waals surface area contributed by atoms with Gasteiger partial charge in [0.25, 0.3) is 5.91 Å². The van der Waals surface area contributed by atoms with Gasteiger partial charge >= 0.3 is 0 Å². The van der Waals surface area contributed by atoms with E-state index in [1.54, 1.807) is 12.1 Å². The molecule has 0 spiro atoms. The number of nitrogens with zero attached hydrogens (tertiary/aromatic N) is 2. The fourth-order valence-corrected chi connectivity index (χ4v) is 3.62. The molecule has 0 aromatic heterocycles. The zero-order valence-electron chi connectivity index (χ0n) is 14.8. The first-order valence-corrected chi connectivity index (χ1v) is 9.12. The Bertz CT molecular complexity index is 782. The molecule has 2 aromatic carbocycles. The fraction of sp³-hybridized carbons (Fsp3) is 0.316. The summed E-state index contributed by atoms with van der Waals surface area (Å²) in [5, 5.41) is 3.58. The first-order valence-electron chi connectivity index (χ1n) is 8.36. The van der Waals surface area contributed by atoms with Crippen LogP contribution in [0.2, 0.25) is 10.0 Å². The lowest BCUT2D eigenvalue weighted by Crippen LogP contribution is -2.44. The van der Waals surface area contributed by atoms with E-state index in [9.17, 15) is 4.79 Å². The predicted octanol–water partition coefficient (Wildman–Crippen LogP) is 4.01. The van der Waals surface area contributed by atoms with E-state index < -0.39 is 0 Å². The second-order valence-corrected chi connectivity index (χ2v) is 7.05. The van der Waals surface area contributed by atoms with Gasteiger partial charge in [-0.2, -0.15) is 0 Å². The minimum absolute atomic E-state index is 0.266. The Balaban J connectivity index is 1.82. The minimum atomic E-state index is -0.266. The molecule has 7 heteroatoms. The molecule has 5 nitrogen and oxygen atoms in total. The highest BCUT2D eigenvalue weighted by molar-refractivity contribution is 6.37. The summed E-state index contributed by atoms with van der Waals surface area (Å²) in [6.45, 7) is 3.82. The van der Waals surface area contributed by atoms with E-state index in [4.69, 9.17) is 27.9 Å². The van der Waals surface area contributed by atoms with E-state index in [-0.39, 0.29) is 5.91 Å². The summed E-state index contributed by atoms with van der Waals surface area (Å²) in [4.78, 5) is 17.3. The number of nitrogens with one attached hydrogen (secondary N) is 1. The number of methoxy groups -OCH3 is 1. The second kappa shape index (κ2) is 8.16. The van der Waals surface area contributed by atoms with Crippen LogP contribution in [0.5, 0.6) is 5.75 Å². The van der Waals surface area contributed by atoms with Gasteiger partial charge in [-0.25, -0.2) is 0 Å². The van der Waals surface area contributed by atoms with Gasteiger partial charge in [-0.05, 0) is 31.3 Å². The number of ether oxygens (including phenoxy) is 1. The predicted molar refractivity (Wildman–Crippen MR) is 107 cm³/mol. The molecule has 2 aromatic rings. The summed E-state index contributed by atoms with van der Waals surface area (Å²) in [6, 6.07) is 10.9.